The average molecular weight is 450 g/mol. The number of methoxy groups -OCH3 is 1. The zero-order valence-corrected chi connectivity index (χ0v) is 18.2. The Labute approximate surface area is 191 Å². The van der Waals surface area contributed by atoms with E-state index in [1.54, 1.807) is 12.1 Å². The molecule has 0 aliphatic carbocycles. The van der Waals surface area contributed by atoms with E-state index in [-0.39, 0.29) is 13.0 Å². The van der Waals surface area contributed by atoms with Gasteiger partial charge in [-0.15, -0.1) is 0 Å². The monoisotopic (exact) mass is 450 g/mol. The summed E-state index contributed by atoms with van der Waals surface area (Å²) >= 11 is 0. The van der Waals surface area contributed by atoms with Crippen molar-refractivity contribution in [3.63, 3.8) is 0 Å². The molecule has 0 bridgehead atoms. The first-order valence-electron chi connectivity index (χ1n) is 10.4. The number of alkyl carbamates (subject to hydrolysis) is 1. The fraction of sp³-hybridized carbons (Fsp3) is 0.240. The molecular weight excluding hydrogens is 424 g/mol. The molecule has 0 fully saturated rings. The molecule has 3 aromatic rings. The van der Waals surface area contributed by atoms with Crippen LogP contribution in [0.1, 0.15) is 11.1 Å². The number of esters is 1. The predicted octanol–water partition coefficient (Wildman–Crippen LogP) is 2.33. The highest BCUT2D eigenvalue weighted by Crippen LogP contribution is 2.17. The number of amides is 2. The number of carbonyl (C=O) groups is 3. The first-order chi connectivity index (χ1) is 16.0. The molecule has 3 rings (SSSR count). The van der Waals surface area contributed by atoms with Crippen LogP contribution in [0.2, 0.25) is 0 Å². The Kier molecular flexibility index (Phi) is 8.37. The zero-order valence-electron chi connectivity index (χ0n) is 18.2. The van der Waals surface area contributed by atoms with Crippen molar-refractivity contribution < 1.29 is 29.0 Å². The largest absolute Gasteiger partial charge is 0.467 e. The molecule has 2 amide bonds. The van der Waals surface area contributed by atoms with Gasteiger partial charge in [0.05, 0.1) is 13.7 Å². The predicted molar refractivity (Wildman–Crippen MR) is 122 cm³/mol. The Morgan fingerprint density at radius 3 is 2.24 bits per heavy atom. The first-order valence-corrected chi connectivity index (χ1v) is 10.4. The molecule has 3 aromatic carbocycles. The molecule has 0 radical (unpaired) electrons. The lowest BCUT2D eigenvalue weighted by Crippen LogP contribution is -2.54. The molecule has 2 atom stereocenters. The maximum atomic E-state index is 12.7. The number of benzene rings is 3. The quantitative estimate of drug-likeness (QED) is 0.431. The van der Waals surface area contributed by atoms with Crippen molar-refractivity contribution in [2.24, 2.45) is 0 Å². The molecule has 0 aliphatic heterocycles. The molecule has 8 heteroatoms. The van der Waals surface area contributed by atoms with Crippen LogP contribution in [0, 0.1) is 0 Å². The third-order valence-corrected chi connectivity index (χ3v) is 5.06. The minimum atomic E-state index is -1.29. The fourth-order valence-electron chi connectivity index (χ4n) is 3.31. The van der Waals surface area contributed by atoms with Gasteiger partial charge in [-0.25, -0.2) is 9.59 Å². The van der Waals surface area contributed by atoms with Crippen molar-refractivity contribution in [1.29, 1.82) is 0 Å². The molecule has 33 heavy (non-hydrogen) atoms. The molecule has 0 aliphatic rings. The summed E-state index contributed by atoms with van der Waals surface area (Å²) in [6.45, 7) is -0.657. The van der Waals surface area contributed by atoms with Gasteiger partial charge in [-0.1, -0.05) is 72.8 Å². The third kappa shape index (κ3) is 6.78. The summed E-state index contributed by atoms with van der Waals surface area (Å²) in [6, 6.07) is 20.3. The second kappa shape index (κ2) is 11.6. The summed E-state index contributed by atoms with van der Waals surface area (Å²) in [6.07, 6.45) is -0.683. The Morgan fingerprint density at radius 2 is 1.55 bits per heavy atom. The summed E-state index contributed by atoms with van der Waals surface area (Å²) in [5.74, 6) is -1.37. The highest BCUT2D eigenvalue weighted by molar-refractivity contribution is 5.90. The van der Waals surface area contributed by atoms with Crippen molar-refractivity contribution in [1.82, 2.24) is 10.6 Å². The van der Waals surface area contributed by atoms with E-state index in [9.17, 15) is 19.5 Å². The van der Waals surface area contributed by atoms with Crippen LogP contribution in [-0.4, -0.2) is 48.9 Å². The average Bonchev–Trinajstić information content (AvgIpc) is 2.85. The van der Waals surface area contributed by atoms with E-state index >= 15 is 0 Å². The molecular formula is C25H26N2O6. The number of hydrogen-bond donors (Lipinski definition) is 3. The van der Waals surface area contributed by atoms with Crippen LogP contribution in [0.15, 0.2) is 72.8 Å². The van der Waals surface area contributed by atoms with E-state index in [4.69, 9.17) is 9.47 Å². The van der Waals surface area contributed by atoms with Gasteiger partial charge in [-0.2, -0.15) is 0 Å². The fourth-order valence-corrected chi connectivity index (χ4v) is 3.31. The van der Waals surface area contributed by atoms with E-state index in [0.29, 0.717) is 0 Å². The standard InChI is InChI=1S/C25H26N2O6/c1-32-24(30)21(14-18-11-12-19-9-5-6-10-20(19)13-18)26-23(29)22(15-28)27-25(31)33-16-17-7-3-2-4-8-17/h2-13,21-22,28H,14-16H2,1H3,(H,26,29)(H,27,31)/t21-,22-/m0/s1. The lowest BCUT2D eigenvalue weighted by atomic mass is 10.0. The minimum Gasteiger partial charge on any atom is -0.467 e. The van der Waals surface area contributed by atoms with Gasteiger partial charge in [0.1, 0.15) is 18.7 Å². The normalized spacial score (nSPS) is 12.4. The molecule has 0 saturated carbocycles. The van der Waals surface area contributed by atoms with E-state index in [1.165, 1.54) is 7.11 Å². The number of aliphatic hydroxyl groups is 1. The SMILES string of the molecule is COC(=O)[C@H](Cc1ccc2ccccc2c1)NC(=O)[C@H](CO)NC(=O)OCc1ccccc1. The van der Waals surface area contributed by atoms with Crippen LogP contribution in [0.3, 0.4) is 0 Å². The maximum absolute atomic E-state index is 12.7. The Bertz CT molecular complexity index is 1100. The Balaban J connectivity index is 1.62. The van der Waals surface area contributed by atoms with E-state index in [1.807, 2.05) is 60.7 Å². The number of ether oxygens (including phenoxy) is 2. The van der Waals surface area contributed by atoms with Crippen molar-refractivity contribution in [3.05, 3.63) is 83.9 Å². The molecule has 0 saturated heterocycles. The number of nitrogens with one attached hydrogen (secondary N) is 2. The summed E-state index contributed by atoms with van der Waals surface area (Å²) < 4.78 is 9.91. The third-order valence-electron chi connectivity index (χ3n) is 5.06. The minimum absolute atomic E-state index is 0.0131. The Morgan fingerprint density at radius 1 is 0.848 bits per heavy atom. The van der Waals surface area contributed by atoms with Gasteiger partial charge in [-0.3, -0.25) is 4.79 Å². The van der Waals surface area contributed by atoms with Gasteiger partial charge in [0.25, 0.3) is 0 Å². The van der Waals surface area contributed by atoms with Crippen molar-refractivity contribution in [3.8, 4) is 0 Å². The summed E-state index contributed by atoms with van der Waals surface area (Å²) in [4.78, 5) is 37.0. The highest BCUT2D eigenvalue weighted by atomic mass is 16.5. The topological polar surface area (TPSA) is 114 Å². The van der Waals surface area contributed by atoms with Crippen LogP contribution in [0.5, 0.6) is 0 Å². The van der Waals surface area contributed by atoms with Crippen molar-refractivity contribution in [2.45, 2.75) is 25.1 Å². The van der Waals surface area contributed by atoms with Crippen LogP contribution >= 0.6 is 0 Å². The van der Waals surface area contributed by atoms with Gasteiger partial charge in [-0.05, 0) is 21.9 Å². The van der Waals surface area contributed by atoms with E-state index in [2.05, 4.69) is 10.6 Å². The van der Waals surface area contributed by atoms with Crippen LogP contribution in [0.4, 0.5) is 4.79 Å². The van der Waals surface area contributed by atoms with E-state index in [0.717, 1.165) is 21.9 Å². The Hall–Kier alpha value is -3.91. The smallest absolute Gasteiger partial charge is 0.408 e. The second-order valence-corrected chi connectivity index (χ2v) is 7.41. The van der Waals surface area contributed by atoms with Crippen molar-refractivity contribution in [2.75, 3.05) is 13.7 Å². The van der Waals surface area contributed by atoms with Crippen LogP contribution in [0.25, 0.3) is 10.8 Å². The number of fused-ring (bicyclic) bond motifs is 1. The lowest BCUT2D eigenvalue weighted by Gasteiger charge is -2.21. The molecule has 0 spiro atoms. The first kappa shape index (κ1) is 23.7. The molecule has 0 aromatic heterocycles. The van der Waals surface area contributed by atoms with E-state index < -0.39 is 36.7 Å². The lowest BCUT2D eigenvalue weighted by molar-refractivity contribution is -0.145. The molecule has 172 valence electrons. The van der Waals surface area contributed by atoms with Crippen LogP contribution in [-0.2, 0) is 32.1 Å². The number of rotatable bonds is 9. The summed E-state index contributed by atoms with van der Waals surface area (Å²) in [5, 5.41) is 16.5. The second-order valence-electron chi connectivity index (χ2n) is 7.41. The number of hydrogen-bond acceptors (Lipinski definition) is 6. The van der Waals surface area contributed by atoms with Gasteiger partial charge in [0, 0.05) is 6.42 Å². The van der Waals surface area contributed by atoms with Crippen molar-refractivity contribution >= 4 is 28.7 Å². The summed E-state index contributed by atoms with van der Waals surface area (Å²) in [7, 11) is 1.23. The number of carbonyl (C=O) groups excluding carboxylic acids is 3. The molecule has 8 nitrogen and oxygen atoms in total. The maximum Gasteiger partial charge on any atom is 0.408 e. The summed E-state index contributed by atoms with van der Waals surface area (Å²) in [5.41, 5.74) is 1.60. The van der Waals surface area contributed by atoms with Gasteiger partial charge in [0.2, 0.25) is 5.91 Å². The van der Waals surface area contributed by atoms with Gasteiger partial charge in [0.15, 0.2) is 0 Å². The van der Waals surface area contributed by atoms with Gasteiger partial charge < -0.3 is 25.2 Å². The number of aliphatic hydroxyl groups excluding tert-OH is 1. The van der Waals surface area contributed by atoms with Crippen LogP contribution < -0.4 is 10.6 Å². The highest BCUT2D eigenvalue weighted by Gasteiger charge is 2.27. The molecule has 0 unspecified atom stereocenters. The molecule has 3 N–H and O–H groups in total. The van der Waals surface area contributed by atoms with Gasteiger partial charge >= 0.3 is 12.1 Å². The zero-order chi connectivity index (χ0) is 23.6. The molecule has 0 heterocycles.